The van der Waals surface area contributed by atoms with Crippen LogP contribution in [0.1, 0.15) is 18.1 Å². The third kappa shape index (κ3) is 2.10. The van der Waals surface area contributed by atoms with E-state index in [2.05, 4.69) is 0 Å². The van der Waals surface area contributed by atoms with Crippen LogP contribution in [0.2, 0.25) is 0 Å². The zero-order chi connectivity index (χ0) is 11.4. The van der Waals surface area contributed by atoms with E-state index in [4.69, 9.17) is 5.26 Å². The lowest BCUT2D eigenvalue weighted by molar-refractivity contribution is -0.385. The Labute approximate surface area is 86.1 Å². The highest BCUT2D eigenvalue weighted by Crippen LogP contribution is 2.29. The molecule has 0 heterocycles. The Balaban J connectivity index is 3.40. The highest BCUT2D eigenvalue weighted by atomic mass is 19.1. The molecule has 4 nitrogen and oxygen atoms in total. The minimum Gasteiger partial charge on any atom is -0.258 e. The first-order valence-corrected chi connectivity index (χ1v) is 4.18. The standard InChI is InChI=1S/C10H8FN2O2/c1-7(5-11)9-4-2-3-8(6-12)10(9)13(14)15/h2-4H,5H2,1H3. The number of hydrogen-bond acceptors (Lipinski definition) is 3. The molecule has 0 unspecified atom stereocenters. The normalized spacial score (nSPS) is 10.0. The summed E-state index contributed by atoms with van der Waals surface area (Å²) in [5, 5.41) is 19.4. The molecule has 0 saturated heterocycles. The molecule has 0 aliphatic rings. The maximum absolute atomic E-state index is 12.4. The third-order valence-corrected chi connectivity index (χ3v) is 2.00. The fourth-order valence-corrected chi connectivity index (χ4v) is 1.25. The maximum Gasteiger partial charge on any atom is 0.290 e. The van der Waals surface area contributed by atoms with Crippen molar-refractivity contribution in [3.8, 4) is 6.07 Å². The first kappa shape index (κ1) is 11.1. The summed E-state index contributed by atoms with van der Waals surface area (Å²) in [5.74, 6) is 0.249. The number of halogens is 1. The van der Waals surface area contributed by atoms with E-state index in [0.717, 1.165) is 0 Å². The van der Waals surface area contributed by atoms with E-state index >= 15 is 0 Å². The highest BCUT2D eigenvalue weighted by Gasteiger charge is 2.23. The van der Waals surface area contributed by atoms with Crippen molar-refractivity contribution in [1.82, 2.24) is 0 Å². The topological polar surface area (TPSA) is 66.9 Å². The minimum atomic E-state index is -0.768. The van der Waals surface area contributed by atoms with E-state index in [0.29, 0.717) is 0 Å². The van der Waals surface area contributed by atoms with Gasteiger partial charge in [0.25, 0.3) is 5.69 Å². The lowest BCUT2D eigenvalue weighted by atomic mass is 9.98. The number of nitro groups is 1. The Kier molecular flexibility index (Phi) is 3.34. The van der Waals surface area contributed by atoms with Gasteiger partial charge in [0, 0.05) is 11.5 Å². The summed E-state index contributed by atoms with van der Waals surface area (Å²) in [7, 11) is 0. The van der Waals surface area contributed by atoms with Gasteiger partial charge in [-0.05, 0) is 6.07 Å². The fraction of sp³-hybridized carbons (Fsp3) is 0.200. The van der Waals surface area contributed by atoms with Gasteiger partial charge in [-0.3, -0.25) is 14.5 Å². The molecule has 15 heavy (non-hydrogen) atoms. The van der Waals surface area contributed by atoms with E-state index in [-0.39, 0.29) is 22.7 Å². The molecule has 0 N–H and O–H groups in total. The second-order valence-corrected chi connectivity index (χ2v) is 2.98. The average molecular weight is 207 g/mol. The van der Waals surface area contributed by atoms with Crippen LogP contribution in [0.25, 0.3) is 0 Å². The molecule has 5 heteroatoms. The fourth-order valence-electron chi connectivity index (χ4n) is 1.25. The number of nitriles is 1. The van der Waals surface area contributed by atoms with Crippen molar-refractivity contribution in [3.63, 3.8) is 0 Å². The first-order chi connectivity index (χ1) is 7.11. The van der Waals surface area contributed by atoms with Gasteiger partial charge >= 0.3 is 0 Å². The monoisotopic (exact) mass is 207 g/mol. The van der Waals surface area contributed by atoms with Crippen LogP contribution < -0.4 is 0 Å². The van der Waals surface area contributed by atoms with E-state index in [1.165, 1.54) is 25.1 Å². The molecule has 0 spiro atoms. The van der Waals surface area contributed by atoms with Gasteiger partial charge < -0.3 is 0 Å². The van der Waals surface area contributed by atoms with E-state index < -0.39 is 11.6 Å². The summed E-state index contributed by atoms with van der Waals surface area (Å²) < 4.78 is 12.4. The number of para-hydroxylation sites is 1. The van der Waals surface area contributed by atoms with Crippen LogP contribution in [-0.4, -0.2) is 11.6 Å². The number of nitrogens with zero attached hydrogens (tertiary/aromatic N) is 2. The van der Waals surface area contributed by atoms with Gasteiger partial charge in [-0.15, -0.1) is 0 Å². The van der Waals surface area contributed by atoms with Gasteiger partial charge in [0.15, 0.2) is 0 Å². The van der Waals surface area contributed by atoms with Crippen molar-refractivity contribution < 1.29 is 9.31 Å². The van der Waals surface area contributed by atoms with Crippen molar-refractivity contribution in [2.75, 3.05) is 6.67 Å². The van der Waals surface area contributed by atoms with Gasteiger partial charge in [0.05, 0.1) is 11.6 Å². The summed E-state index contributed by atoms with van der Waals surface area (Å²) in [4.78, 5) is 10.1. The quantitative estimate of drug-likeness (QED) is 0.564. The van der Waals surface area contributed by atoms with Crippen molar-refractivity contribution in [2.24, 2.45) is 0 Å². The van der Waals surface area contributed by atoms with E-state index in [1.54, 1.807) is 6.07 Å². The average Bonchev–Trinajstić information content (AvgIpc) is 2.26. The SMILES string of the molecule is C[C](CF)c1cccc(C#N)c1[N+](=O)[O-]. The number of rotatable bonds is 3. The first-order valence-electron chi connectivity index (χ1n) is 4.18. The molecule has 0 aliphatic carbocycles. The van der Waals surface area contributed by atoms with Gasteiger partial charge in [-0.2, -0.15) is 5.26 Å². The van der Waals surface area contributed by atoms with Crippen molar-refractivity contribution in [3.05, 3.63) is 45.4 Å². The number of hydrogen-bond donors (Lipinski definition) is 0. The number of nitro benzene ring substituents is 1. The second kappa shape index (κ2) is 4.51. The Morgan fingerprint density at radius 2 is 2.33 bits per heavy atom. The van der Waals surface area contributed by atoms with Gasteiger partial charge in [0.1, 0.15) is 11.6 Å². The van der Waals surface area contributed by atoms with E-state index in [9.17, 15) is 14.5 Å². The second-order valence-electron chi connectivity index (χ2n) is 2.98. The number of alkyl halides is 1. The Bertz CT molecular complexity index is 426. The summed E-state index contributed by atoms with van der Waals surface area (Å²) in [6.07, 6.45) is 0. The van der Waals surface area contributed by atoms with Crippen molar-refractivity contribution in [1.29, 1.82) is 5.26 Å². The lowest BCUT2D eigenvalue weighted by Gasteiger charge is -2.07. The molecule has 0 atom stereocenters. The summed E-state index contributed by atoms with van der Waals surface area (Å²) in [5.41, 5.74) is -0.193. The molecule has 0 bridgehead atoms. The zero-order valence-electron chi connectivity index (χ0n) is 8.03. The highest BCUT2D eigenvalue weighted by molar-refractivity contribution is 5.58. The molecule has 1 rings (SSSR count). The molecular formula is C10H8FN2O2. The molecule has 0 amide bonds. The molecule has 0 aliphatic heterocycles. The van der Waals surface area contributed by atoms with Crippen LogP contribution in [0.4, 0.5) is 10.1 Å². The van der Waals surface area contributed by atoms with Crippen LogP contribution in [0.15, 0.2) is 18.2 Å². The van der Waals surface area contributed by atoms with E-state index in [1.807, 2.05) is 0 Å². The van der Waals surface area contributed by atoms with Gasteiger partial charge in [0.2, 0.25) is 0 Å². The van der Waals surface area contributed by atoms with Gasteiger partial charge in [-0.25, -0.2) is 0 Å². The maximum atomic E-state index is 12.4. The summed E-state index contributed by atoms with van der Waals surface area (Å²) in [6.45, 7) is 0.694. The summed E-state index contributed by atoms with van der Waals surface area (Å²) in [6, 6.07) is 6.00. The third-order valence-electron chi connectivity index (χ3n) is 2.00. The Morgan fingerprint density at radius 1 is 1.67 bits per heavy atom. The zero-order valence-corrected chi connectivity index (χ0v) is 8.03. The largest absolute Gasteiger partial charge is 0.290 e. The molecule has 1 radical (unpaired) electrons. The lowest BCUT2D eigenvalue weighted by Crippen LogP contribution is -2.04. The van der Waals surface area contributed by atoms with Crippen LogP contribution >= 0.6 is 0 Å². The molecule has 0 aromatic heterocycles. The van der Waals surface area contributed by atoms with Crippen LogP contribution in [0.5, 0.6) is 0 Å². The predicted molar refractivity (Wildman–Crippen MR) is 51.8 cm³/mol. The Morgan fingerprint density at radius 3 is 2.80 bits per heavy atom. The number of benzene rings is 1. The Hall–Kier alpha value is -1.96. The van der Waals surface area contributed by atoms with Gasteiger partial charge in [-0.1, -0.05) is 19.1 Å². The van der Waals surface area contributed by atoms with Crippen molar-refractivity contribution in [2.45, 2.75) is 6.92 Å². The van der Waals surface area contributed by atoms with Crippen LogP contribution in [0.3, 0.4) is 0 Å². The minimum absolute atomic E-state index is 0.0506. The van der Waals surface area contributed by atoms with Crippen LogP contribution in [-0.2, 0) is 0 Å². The van der Waals surface area contributed by atoms with Crippen molar-refractivity contribution >= 4 is 5.69 Å². The predicted octanol–water partition coefficient (Wildman–Crippen LogP) is 2.38. The molecular weight excluding hydrogens is 199 g/mol. The summed E-state index contributed by atoms with van der Waals surface area (Å²) >= 11 is 0. The molecule has 77 valence electrons. The smallest absolute Gasteiger partial charge is 0.258 e. The van der Waals surface area contributed by atoms with Crippen LogP contribution in [0, 0.1) is 27.4 Å². The molecule has 0 saturated carbocycles. The molecule has 1 aromatic carbocycles. The molecule has 0 fully saturated rings. The molecule has 1 aromatic rings.